The summed E-state index contributed by atoms with van der Waals surface area (Å²) >= 11 is 0. The van der Waals surface area contributed by atoms with E-state index in [9.17, 15) is 9.18 Å². The molecule has 2 heterocycles. The third-order valence-corrected chi connectivity index (χ3v) is 6.01. The average Bonchev–Trinajstić information content (AvgIpc) is 3.20. The lowest BCUT2D eigenvalue weighted by Crippen LogP contribution is -3.28. The first kappa shape index (κ1) is 21.3. The lowest BCUT2D eigenvalue weighted by molar-refractivity contribution is -1.02. The Bertz CT molecular complexity index is 1010. The van der Waals surface area contributed by atoms with Gasteiger partial charge in [-0.1, -0.05) is 18.2 Å². The number of hydrogen-bond donors (Lipinski definition) is 3. The molecule has 3 aromatic rings. The van der Waals surface area contributed by atoms with Crippen LogP contribution >= 0.6 is 0 Å². The first-order chi connectivity index (χ1) is 15.0. The molecule has 0 saturated carbocycles. The van der Waals surface area contributed by atoms with Crippen LogP contribution in [0.3, 0.4) is 0 Å². The van der Waals surface area contributed by atoms with Gasteiger partial charge < -0.3 is 24.3 Å². The number of methoxy groups -OCH3 is 1. The van der Waals surface area contributed by atoms with Crippen molar-refractivity contribution in [1.29, 1.82) is 0 Å². The topological polar surface area (TPSA) is 60.4 Å². The van der Waals surface area contributed by atoms with Crippen LogP contribution in [0.4, 0.5) is 4.39 Å². The molecule has 1 aliphatic heterocycles. The van der Waals surface area contributed by atoms with Gasteiger partial charge in [-0.15, -0.1) is 0 Å². The molecule has 0 unspecified atom stereocenters. The van der Waals surface area contributed by atoms with Crippen LogP contribution in [0.15, 0.2) is 52.9 Å². The second-order valence-corrected chi connectivity index (χ2v) is 8.29. The summed E-state index contributed by atoms with van der Waals surface area (Å²) in [5.41, 5.74) is 1.72. The normalized spacial score (nSPS) is 19.8. The smallest absolute Gasteiger partial charge is 0.275 e. The van der Waals surface area contributed by atoms with Crippen molar-refractivity contribution in [2.24, 2.45) is 0 Å². The van der Waals surface area contributed by atoms with Crippen LogP contribution in [0.5, 0.6) is 5.75 Å². The number of piperazine rings is 1. The summed E-state index contributed by atoms with van der Waals surface area (Å²) in [6.45, 7) is 6.78. The number of benzene rings is 2. The average molecular weight is 428 g/mol. The highest BCUT2D eigenvalue weighted by atomic mass is 19.1. The van der Waals surface area contributed by atoms with Gasteiger partial charge in [0.15, 0.2) is 6.54 Å². The molecular formula is C24H30FN3O3+2. The van der Waals surface area contributed by atoms with Crippen LogP contribution < -0.4 is 19.9 Å². The summed E-state index contributed by atoms with van der Waals surface area (Å²) in [7, 11) is 1.61. The summed E-state index contributed by atoms with van der Waals surface area (Å²) in [5, 5.41) is 4.10. The predicted octanol–water partition coefficient (Wildman–Crippen LogP) is 0.741. The fraction of sp³-hybridized carbons (Fsp3) is 0.375. The minimum absolute atomic E-state index is 0.0261. The van der Waals surface area contributed by atoms with Crippen LogP contribution in [0.1, 0.15) is 24.3 Å². The lowest BCUT2D eigenvalue weighted by Gasteiger charge is -2.29. The Morgan fingerprint density at radius 2 is 1.87 bits per heavy atom. The van der Waals surface area contributed by atoms with Crippen molar-refractivity contribution >= 4 is 16.9 Å². The minimum Gasteiger partial charge on any atom is -0.496 e. The number of fused-ring (bicyclic) bond motifs is 1. The number of carbonyl (C=O) groups excluding carboxylic acids is 1. The van der Waals surface area contributed by atoms with Crippen molar-refractivity contribution in [2.75, 3.05) is 39.8 Å². The number of para-hydroxylation sites is 1. The van der Waals surface area contributed by atoms with Gasteiger partial charge in [0.25, 0.3) is 5.91 Å². The number of furan rings is 1. The van der Waals surface area contributed by atoms with Crippen molar-refractivity contribution in [3.05, 3.63) is 65.7 Å². The number of quaternary nitrogens is 2. The number of rotatable bonds is 7. The summed E-state index contributed by atoms with van der Waals surface area (Å²) < 4.78 is 24.8. The highest BCUT2D eigenvalue weighted by Gasteiger charge is 2.26. The Kier molecular flexibility index (Phi) is 6.53. The summed E-state index contributed by atoms with van der Waals surface area (Å²) in [6.07, 6.45) is 0. The molecule has 2 aromatic carbocycles. The van der Waals surface area contributed by atoms with Gasteiger partial charge in [0.2, 0.25) is 0 Å². The molecule has 31 heavy (non-hydrogen) atoms. The number of halogens is 1. The number of ether oxygens (including phenoxy) is 1. The Hall–Kier alpha value is -2.90. The maximum Gasteiger partial charge on any atom is 0.275 e. The first-order valence-electron chi connectivity index (χ1n) is 10.8. The molecule has 3 N–H and O–H groups in total. The number of carbonyl (C=O) groups is 1. The molecule has 1 amide bonds. The molecule has 0 aliphatic carbocycles. The van der Waals surface area contributed by atoms with Gasteiger partial charge in [-0.3, -0.25) is 4.79 Å². The predicted molar refractivity (Wildman–Crippen MR) is 116 cm³/mol. The number of hydrogen-bond acceptors (Lipinski definition) is 3. The Morgan fingerprint density at radius 3 is 2.61 bits per heavy atom. The van der Waals surface area contributed by atoms with E-state index in [4.69, 9.17) is 9.15 Å². The largest absolute Gasteiger partial charge is 0.496 e. The van der Waals surface area contributed by atoms with Crippen molar-refractivity contribution in [3.63, 3.8) is 0 Å². The number of amides is 1. The van der Waals surface area contributed by atoms with Gasteiger partial charge >= 0.3 is 0 Å². The van der Waals surface area contributed by atoms with E-state index in [1.807, 2.05) is 37.3 Å². The molecular weight excluding hydrogens is 397 g/mol. The molecule has 4 rings (SSSR count). The summed E-state index contributed by atoms with van der Waals surface area (Å²) in [4.78, 5) is 15.2. The molecule has 0 bridgehead atoms. The molecule has 6 nitrogen and oxygen atoms in total. The van der Waals surface area contributed by atoms with E-state index in [0.717, 1.165) is 60.8 Å². The highest BCUT2D eigenvalue weighted by molar-refractivity contribution is 5.79. The van der Waals surface area contributed by atoms with Crippen molar-refractivity contribution < 1.29 is 28.1 Å². The van der Waals surface area contributed by atoms with Crippen molar-refractivity contribution in [3.8, 4) is 5.75 Å². The van der Waals surface area contributed by atoms with E-state index in [1.54, 1.807) is 19.2 Å². The maximum absolute atomic E-state index is 13.6. The van der Waals surface area contributed by atoms with Crippen LogP contribution in [0.25, 0.3) is 11.0 Å². The monoisotopic (exact) mass is 427 g/mol. The lowest BCUT2D eigenvalue weighted by atomic mass is 10.1. The van der Waals surface area contributed by atoms with E-state index in [0.29, 0.717) is 6.54 Å². The van der Waals surface area contributed by atoms with Crippen LogP contribution in [-0.2, 0) is 11.3 Å². The Balaban J connectivity index is 1.26. The molecule has 1 aromatic heterocycles. The summed E-state index contributed by atoms with van der Waals surface area (Å²) in [6, 6.07) is 14.3. The fourth-order valence-electron chi connectivity index (χ4n) is 4.27. The number of nitrogens with one attached hydrogen (secondary N) is 3. The minimum atomic E-state index is -0.241. The second kappa shape index (κ2) is 9.49. The molecule has 164 valence electrons. The quantitative estimate of drug-likeness (QED) is 0.521. The fourth-order valence-corrected chi connectivity index (χ4v) is 4.27. The first-order valence-corrected chi connectivity index (χ1v) is 10.8. The third kappa shape index (κ3) is 5.24. The van der Waals surface area contributed by atoms with Gasteiger partial charge in [0, 0.05) is 5.39 Å². The van der Waals surface area contributed by atoms with Crippen LogP contribution in [0, 0.1) is 5.82 Å². The van der Waals surface area contributed by atoms with Crippen LogP contribution in [-0.4, -0.2) is 45.7 Å². The molecule has 1 aliphatic rings. The zero-order chi connectivity index (χ0) is 21.8. The highest BCUT2D eigenvalue weighted by Crippen LogP contribution is 2.23. The molecule has 7 heteroatoms. The van der Waals surface area contributed by atoms with Gasteiger partial charge in [-0.2, -0.15) is 0 Å². The maximum atomic E-state index is 13.6. The van der Waals surface area contributed by atoms with Gasteiger partial charge in [-0.05, 0) is 37.3 Å². The molecule has 1 fully saturated rings. The van der Waals surface area contributed by atoms with Crippen molar-refractivity contribution in [2.45, 2.75) is 19.5 Å². The Morgan fingerprint density at radius 1 is 1.13 bits per heavy atom. The van der Waals surface area contributed by atoms with E-state index in [1.165, 1.54) is 15.9 Å². The molecule has 1 atom stereocenters. The molecule has 0 radical (unpaired) electrons. The van der Waals surface area contributed by atoms with E-state index >= 15 is 0 Å². The zero-order valence-corrected chi connectivity index (χ0v) is 18.0. The molecule has 1 saturated heterocycles. The zero-order valence-electron chi connectivity index (χ0n) is 18.0. The van der Waals surface area contributed by atoms with E-state index in [-0.39, 0.29) is 17.8 Å². The van der Waals surface area contributed by atoms with Gasteiger partial charge in [0.05, 0.1) is 18.7 Å². The van der Waals surface area contributed by atoms with Gasteiger partial charge in [0.1, 0.15) is 55.6 Å². The van der Waals surface area contributed by atoms with Crippen molar-refractivity contribution in [1.82, 2.24) is 5.32 Å². The molecule has 0 spiro atoms. The van der Waals surface area contributed by atoms with E-state index < -0.39 is 0 Å². The standard InChI is InChI=1S/C24H28FN3O3/c1-17(23-14-18-5-3-4-6-22(18)31-23)26-24(29)16-28-11-9-27(10-12-28)15-19-13-20(25)7-8-21(19)30-2/h3-8,13-14,17H,9-12,15-16H2,1-2H3,(H,26,29)/p+2/t17-/m0/s1. The SMILES string of the molecule is COc1ccc(F)cc1C[NH+]1CC[NH+](CC(=O)N[C@@H](C)c2cc3ccccc3o2)CC1. The van der Waals surface area contributed by atoms with E-state index in [2.05, 4.69) is 5.32 Å². The van der Waals surface area contributed by atoms with Gasteiger partial charge in [-0.25, -0.2) is 4.39 Å². The Labute approximate surface area is 181 Å². The summed E-state index contributed by atoms with van der Waals surface area (Å²) in [5.74, 6) is 1.28. The van der Waals surface area contributed by atoms with Crippen LogP contribution in [0.2, 0.25) is 0 Å². The second-order valence-electron chi connectivity index (χ2n) is 8.29. The third-order valence-electron chi connectivity index (χ3n) is 6.01.